The molecule has 26 heavy (non-hydrogen) atoms. The summed E-state index contributed by atoms with van der Waals surface area (Å²) < 4.78 is 5.34. The molecule has 0 N–H and O–H groups in total. The zero-order valence-corrected chi connectivity index (χ0v) is 15.2. The lowest BCUT2D eigenvalue weighted by atomic mass is 9.78. The molecular weight excluding hydrogens is 320 g/mol. The van der Waals surface area contributed by atoms with Gasteiger partial charge in [-0.1, -0.05) is 24.3 Å². The molecule has 3 nitrogen and oxygen atoms in total. The lowest BCUT2D eigenvalue weighted by Crippen LogP contribution is -2.30. The molecular formula is C23H24N2O. The first-order valence-corrected chi connectivity index (χ1v) is 9.25. The van der Waals surface area contributed by atoms with E-state index in [1.807, 2.05) is 30.3 Å². The van der Waals surface area contributed by atoms with Gasteiger partial charge >= 0.3 is 0 Å². The van der Waals surface area contributed by atoms with E-state index in [4.69, 9.17) is 10.00 Å². The van der Waals surface area contributed by atoms with E-state index in [9.17, 15) is 5.26 Å². The summed E-state index contributed by atoms with van der Waals surface area (Å²) in [5.74, 6) is 0.735. The van der Waals surface area contributed by atoms with Crippen molar-refractivity contribution < 1.29 is 4.74 Å². The summed E-state index contributed by atoms with van der Waals surface area (Å²) in [5, 5.41) is 18.5. The van der Waals surface area contributed by atoms with Crippen LogP contribution < -0.4 is 0 Å². The van der Waals surface area contributed by atoms with E-state index in [-0.39, 0.29) is 0 Å². The Kier molecular flexibility index (Phi) is 6.05. The fourth-order valence-corrected chi connectivity index (χ4v) is 3.65. The van der Waals surface area contributed by atoms with Crippen molar-refractivity contribution in [3.8, 4) is 12.1 Å². The van der Waals surface area contributed by atoms with Crippen molar-refractivity contribution in [3.63, 3.8) is 0 Å². The second-order valence-corrected chi connectivity index (χ2v) is 7.15. The summed E-state index contributed by atoms with van der Waals surface area (Å²) >= 11 is 0. The predicted molar refractivity (Wildman–Crippen MR) is 102 cm³/mol. The van der Waals surface area contributed by atoms with Crippen LogP contribution in [0.3, 0.4) is 0 Å². The van der Waals surface area contributed by atoms with Gasteiger partial charge in [0.05, 0.1) is 29.4 Å². The van der Waals surface area contributed by atoms with Crippen molar-refractivity contribution in [2.45, 2.75) is 44.6 Å². The van der Waals surface area contributed by atoms with Crippen LogP contribution in [0.5, 0.6) is 0 Å². The lowest BCUT2D eigenvalue weighted by Gasteiger charge is -2.34. The highest BCUT2D eigenvalue weighted by Gasteiger charge is 2.28. The zero-order valence-electron chi connectivity index (χ0n) is 15.2. The Hall–Kier alpha value is -2.62. The van der Waals surface area contributed by atoms with Gasteiger partial charge in [0.2, 0.25) is 0 Å². The van der Waals surface area contributed by atoms with Crippen LogP contribution in [0.15, 0.2) is 42.5 Å². The molecule has 3 heteroatoms. The molecule has 1 saturated carbocycles. The van der Waals surface area contributed by atoms with Crippen molar-refractivity contribution in [2.75, 3.05) is 7.11 Å². The summed E-state index contributed by atoms with van der Waals surface area (Å²) in [6.45, 7) is 0. The summed E-state index contributed by atoms with van der Waals surface area (Å²) in [5.41, 5.74) is 4.99. The Balaban J connectivity index is 1.58. The Bertz CT molecular complexity index is 838. The maximum Gasteiger partial charge on any atom is 0.0994 e. The van der Waals surface area contributed by atoms with E-state index in [0.29, 0.717) is 11.7 Å². The van der Waals surface area contributed by atoms with Gasteiger partial charge in [0.1, 0.15) is 0 Å². The quantitative estimate of drug-likeness (QED) is 0.739. The second kappa shape index (κ2) is 8.65. The molecule has 2 aromatic rings. The minimum Gasteiger partial charge on any atom is -0.381 e. The van der Waals surface area contributed by atoms with Crippen molar-refractivity contribution >= 4 is 0 Å². The maximum absolute atomic E-state index is 9.51. The number of methoxy groups -OCH3 is 1. The molecule has 0 aliphatic heterocycles. The molecule has 0 bridgehead atoms. The summed E-state index contributed by atoms with van der Waals surface area (Å²) in [4.78, 5) is 0. The first kappa shape index (κ1) is 18.2. The smallest absolute Gasteiger partial charge is 0.0994 e. The molecule has 0 spiro atoms. The molecule has 1 aliphatic carbocycles. The number of rotatable bonds is 7. The van der Waals surface area contributed by atoms with E-state index in [1.165, 1.54) is 5.56 Å². The minimum atomic E-state index is 0.442. The molecule has 0 amide bonds. The van der Waals surface area contributed by atoms with E-state index >= 15 is 0 Å². The third-order valence-corrected chi connectivity index (χ3v) is 5.40. The fraction of sp³-hybridized carbons (Fsp3) is 0.391. The average Bonchev–Trinajstić information content (AvgIpc) is 2.66. The topological polar surface area (TPSA) is 56.8 Å². The first-order valence-electron chi connectivity index (χ1n) is 9.25. The van der Waals surface area contributed by atoms with E-state index < -0.39 is 0 Å². The van der Waals surface area contributed by atoms with Crippen LogP contribution >= 0.6 is 0 Å². The summed E-state index contributed by atoms with van der Waals surface area (Å²) in [6, 6.07) is 18.6. The highest BCUT2D eigenvalue weighted by molar-refractivity contribution is 5.41. The van der Waals surface area contributed by atoms with E-state index in [1.54, 1.807) is 7.11 Å². The van der Waals surface area contributed by atoms with Crippen molar-refractivity contribution in [2.24, 2.45) is 5.92 Å². The van der Waals surface area contributed by atoms with Crippen molar-refractivity contribution in [3.05, 3.63) is 70.3 Å². The monoisotopic (exact) mass is 344 g/mol. The Morgan fingerprint density at radius 3 is 2.42 bits per heavy atom. The van der Waals surface area contributed by atoms with Gasteiger partial charge in [-0.3, -0.25) is 0 Å². The van der Waals surface area contributed by atoms with E-state index in [2.05, 4.69) is 24.3 Å². The van der Waals surface area contributed by atoms with Crippen LogP contribution in [0, 0.1) is 28.6 Å². The number of hydrogen-bond donors (Lipinski definition) is 0. The van der Waals surface area contributed by atoms with Crippen LogP contribution in [0.2, 0.25) is 0 Å². The van der Waals surface area contributed by atoms with Crippen LogP contribution in [-0.4, -0.2) is 13.2 Å². The number of nitriles is 2. The molecule has 0 aromatic heterocycles. The predicted octanol–water partition coefficient (Wildman–Crippen LogP) is 4.57. The van der Waals surface area contributed by atoms with Crippen LogP contribution in [0.4, 0.5) is 0 Å². The number of aryl methyl sites for hydroxylation is 3. The highest BCUT2D eigenvalue weighted by Crippen LogP contribution is 2.33. The van der Waals surface area contributed by atoms with Crippen LogP contribution in [0.1, 0.15) is 47.1 Å². The third kappa shape index (κ3) is 4.51. The molecule has 1 fully saturated rings. The zero-order chi connectivity index (χ0) is 18.4. The Morgan fingerprint density at radius 2 is 1.73 bits per heavy atom. The SMILES string of the molecule is COC1CC(CCc2ccc(CCc3cccc(C#N)c3)cc2C#N)C1. The summed E-state index contributed by atoms with van der Waals surface area (Å²) in [6.07, 6.45) is 6.60. The molecule has 132 valence electrons. The fourth-order valence-electron chi connectivity index (χ4n) is 3.65. The lowest BCUT2D eigenvalue weighted by molar-refractivity contribution is -0.00137. The molecule has 1 aliphatic rings. The van der Waals surface area contributed by atoms with Gasteiger partial charge in [0, 0.05) is 7.11 Å². The van der Waals surface area contributed by atoms with Gasteiger partial charge in [0.15, 0.2) is 0 Å². The standard InChI is InChI=1S/C23H24N2O/c1-26-23-13-19(14-23)8-10-21-9-7-18(12-22(21)16-25)6-5-17-3-2-4-20(11-17)15-24/h2-4,7,9,11-12,19,23H,5-6,8,10,13-14H2,1H3. The molecule has 2 aromatic carbocycles. The minimum absolute atomic E-state index is 0.442. The van der Waals surface area contributed by atoms with Gasteiger partial charge in [-0.25, -0.2) is 0 Å². The number of hydrogen-bond acceptors (Lipinski definition) is 3. The second-order valence-electron chi connectivity index (χ2n) is 7.15. The van der Waals surface area contributed by atoms with Gasteiger partial charge in [-0.05, 0) is 79.3 Å². The molecule has 3 rings (SSSR count). The third-order valence-electron chi connectivity index (χ3n) is 5.40. The first-order chi connectivity index (χ1) is 12.7. The average molecular weight is 344 g/mol. The number of ether oxygens (including phenoxy) is 1. The van der Waals surface area contributed by atoms with Gasteiger partial charge in [0.25, 0.3) is 0 Å². The highest BCUT2D eigenvalue weighted by atomic mass is 16.5. The summed E-state index contributed by atoms with van der Waals surface area (Å²) in [7, 11) is 1.78. The number of benzene rings is 2. The molecule has 0 unspecified atom stereocenters. The van der Waals surface area contributed by atoms with Gasteiger partial charge in [-0.15, -0.1) is 0 Å². The Labute approximate surface area is 155 Å². The molecule has 0 heterocycles. The maximum atomic E-state index is 9.51. The van der Waals surface area contributed by atoms with E-state index in [0.717, 1.165) is 61.1 Å². The van der Waals surface area contributed by atoms with Gasteiger partial charge in [-0.2, -0.15) is 10.5 Å². The van der Waals surface area contributed by atoms with Crippen LogP contribution in [0.25, 0.3) is 0 Å². The Morgan fingerprint density at radius 1 is 0.962 bits per heavy atom. The molecule has 0 saturated heterocycles. The van der Waals surface area contributed by atoms with Crippen LogP contribution in [-0.2, 0) is 24.0 Å². The molecule has 0 atom stereocenters. The van der Waals surface area contributed by atoms with Gasteiger partial charge < -0.3 is 4.74 Å². The number of nitrogens with zero attached hydrogens (tertiary/aromatic N) is 2. The van der Waals surface area contributed by atoms with Crippen molar-refractivity contribution in [1.29, 1.82) is 10.5 Å². The van der Waals surface area contributed by atoms with Crippen molar-refractivity contribution in [1.82, 2.24) is 0 Å². The largest absolute Gasteiger partial charge is 0.381 e. The molecule has 0 radical (unpaired) electrons. The normalized spacial score (nSPS) is 18.6.